The maximum Gasteiger partial charge on any atom is 0.228 e. The summed E-state index contributed by atoms with van der Waals surface area (Å²) in [5.74, 6) is 0.661. The van der Waals surface area contributed by atoms with Crippen LogP contribution in [0.25, 0.3) is 10.9 Å². The number of hydrogen-bond acceptors (Lipinski definition) is 2. The Labute approximate surface area is 139 Å². The number of ether oxygens (including phenoxy) is 1. The highest BCUT2D eigenvalue weighted by Gasteiger charge is 2.14. The highest BCUT2D eigenvalue weighted by Crippen LogP contribution is 2.27. The molecular weight excluding hydrogens is 312 g/mol. The Morgan fingerprint density at radius 1 is 1.26 bits per heavy atom. The summed E-state index contributed by atoms with van der Waals surface area (Å²) in [7, 11) is 1.63. The summed E-state index contributed by atoms with van der Waals surface area (Å²) in [5, 5.41) is 4.38. The summed E-state index contributed by atoms with van der Waals surface area (Å²) in [6.45, 7) is 1.96. The number of nitrogens with one attached hydrogen (secondary N) is 2. The van der Waals surface area contributed by atoms with Gasteiger partial charge >= 0.3 is 0 Å². The van der Waals surface area contributed by atoms with Gasteiger partial charge in [-0.1, -0.05) is 23.7 Å². The van der Waals surface area contributed by atoms with Gasteiger partial charge in [0.1, 0.15) is 5.75 Å². The Morgan fingerprint density at radius 3 is 2.78 bits per heavy atom. The summed E-state index contributed by atoms with van der Waals surface area (Å²) < 4.78 is 5.27. The van der Waals surface area contributed by atoms with Crippen molar-refractivity contribution < 1.29 is 9.53 Å². The van der Waals surface area contributed by atoms with Gasteiger partial charge in [0, 0.05) is 16.6 Å². The summed E-state index contributed by atoms with van der Waals surface area (Å²) in [5.41, 5.74) is 3.55. The number of hydrogen-bond donors (Lipinski definition) is 2. The van der Waals surface area contributed by atoms with E-state index in [1.165, 1.54) is 0 Å². The number of aromatic amines is 1. The molecule has 1 aromatic heterocycles. The van der Waals surface area contributed by atoms with E-state index in [0.29, 0.717) is 10.7 Å². The number of H-pyrrole nitrogens is 1. The largest absolute Gasteiger partial charge is 0.497 e. The number of carbonyl (C=O) groups excluding carboxylic acids is 1. The number of aromatic nitrogens is 1. The average Bonchev–Trinajstić information content (AvgIpc) is 2.85. The van der Waals surface area contributed by atoms with Crippen molar-refractivity contribution in [1.82, 2.24) is 4.98 Å². The van der Waals surface area contributed by atoms with Gasteiger partial charge in [0.05, 0.1) is 24.2 Å². The number of carbonyl (C=O) groups is 1. The molecular formula is C18H17ClN2O2. The lowest BCUT2D eigenvalue weighted by Gasteiger charge is -2.07. The van der Waals surface area contributed by atoms with E-state index in [-0.39, 0.29) is 12.3 Å². The molecule has 1 heterocycles. The third kappa shape index (κ3) is 3.17. The quantitative estimate of drug-likeness (QED) is 0.749. The van der Waals surface area contributed by atoms with Crippen molar-refractivity contribution in [2.24, 2.45) is 0 Å². The predicted octanol–water partition coefficient (Wildman–Crippen LogP) is 4.32. The van der Waals surface area contributed by atoms with E-state index in [1.807, 2.05) is 37.3 Å². The first-order chi connectivity index (χ1) is 11.1. The number of aryl methyl sites for hydroxylation is 1. The molecule has 0 aliphatic carbocycles. The molecule has 1 amide bonds. The van der Waals surface area contributed by atoms with Gasteiger partial charge in [-0.25, -0.2) is 0 Å². The van der Waals surface area contributed by atoms with Gasteiger partial charge in [0.25, 0.3) is 0 Å². The Kier molecular flexibility index (Phi) is 4.26. The van der Waals surface area contributed by atoms with Crippen molar-refractivity contribution in [2.75, 3.05) is 12.4 Å². The molecule has 0 saturated carbocycles. The third-order valence-electron chi connectivity index (χ3n) is 3.81. The van der Waals surface area contributed by atoms with Crippen LogP contribution in [-0.2, 0) is 11.2 Å². The van der Waals surface area contributed by atoms with Gasteiger partial charge in [-0.15, -0.1) is 0 Å². The molecule has 118 valence electrons. The van der Waals surface area contributed by atoms with E-state index in [2.05, 4.69) is 10.3 Å². The first-order valence-corrected chi connectivity index (χ1v) is 7.66. The fourth-order valence-electron chi connectivity index (χ4n) is 2.63. The standard InChI is InChI=1S/C18H17ClN2O2/c1-11-13(14-9-12(23-2)7-8-16(14)20-11)10-18(22)21-17-6-4-3-5-15(17)19/h3-9,20H,10H2,1-2H3,(H,21,22). The van der Waals surface area contributed by atoms with Crippen LogP contribution < -0.4 is 10.1 Å². The van der Waals surface area contributed by atoms with Crippen molar-refractivity contribution >= 4 is 34.1 Å². The van der Waals surface area contributed by atoms with Crippen LogP contribution in [-0.4, -0.2) is 18.0 Å². The Morgan fingerprint density at radius 2 is 2.04 bits per heavy atom. The van der Waals surface area contributed by atoms with Crippen LogP contribution in [0.4, 0.5) is 5.69 Å². The zero-order valence-corrected chi connectivity index (χ0v) is 13.7. The van der Waals surface area contributed by atoms with Crippen LogP contribution in [0.1, 0.15) is 11.3 Å². The third-order valence-corrected chi connectivity index (χ3v) is 4.14. The van der Waals surface area contributed by atoms with Crippen molar-refractivity contribution in [1.29, 1.82) is 0 Å². The van der Waals surface area contributed by atoms with Gasteiger partial charge in [0.2, 0.25) is 5.91 Å². The van der Waals surface area contributed by atoms with E-state index in [0.717, 1.165) is 27.9 Å². The summed E-state index contributed by atoms with van der Waals surface area (Å²) in [6.07, 6.45) is 0.268. The van der Waals surface area contributed by atoms with E-state index < -0.39 is 0 Å². The van der Waals surface area contributed by atoms with E-state index in [9.17, 15) is 4.79 Å². The van der Waals surface area contributed by atoms with Crippen LogP contribution in [0.2, 0.25) is 5.02 Å². The minimum Gasteiger partial charge on any atom is -0.497 e. The average molecular weight is 329 g/mol. The maximum absolute atomic E-state index is 12.4. The minimum absolute atomic E-state index is 0.107. The molecule has 3 rings (SSSR count). The monoisotopic (exact) mass is 328 g/mol. The second-order valence-corrected chi connectivity index (χ2v) is 5.75. The molecule has 0 bridgehead atoms. The lowest BCUT2D eigenvalue weighted by atomic mass is 10.1. The highest BCUT2D eigenvalue weighted by molar-refractivity contribution is 6.33. The second kappa shape index (κ2) is 6.34. The van der Waals surface area contributed by atoms with E-state index in [4.69, 9.17) is 16.3 Å². The van der Waals surface area contributed by atoms with Crippen LogP contribution in [0.5, 0.6) is 5.75 Å². The summed E-state index contributed by atoms with van der Waals surface area (Å²) >= 11 is 6.08. The van der Waals surface area contributed by atoms with Gasteiger partial charge in [-0.3, -0.25) is 4.79 Å². The number of para-hydroxylation sites is 1. The molecule has 2 aromatic carbocycles. The van der Waals surface area contributed by atoms with Gasteiger partial charge in [0.15, 0.2) is 0 Å². The Hall–Kier alpha value is -2.46. The van der Waals surface area contributed by atoms with Crippen LogP contribution in [0.15, 0.2) is 42.5 Å². The van der Waals surface area contributed by atoms with E-state index >= 15 is 0 Å². The normalized spacial score (nSPS) is 10.7. The summed E-state index contributed by atoms with van der Waals surface area (Å²) in [4.78, 5) is 15.7. The number of halogens is 1. The smallest absolute Gasteiger partial charge is 0.228 e. The lowest BCUT2D eigenvalue weighted by Crippen LogP contribution is -2.15. The number of anilines is 1. The molecule has 0 saturated heterocycles. The summed E-state index contributed by atoms with van der Waals surface area (Å²) in [6, 6.07) is 13.0. The number of benzene rings is 2. The first kappa shape index (κ1) is 15.4. The molecule has 4 nitrogen and oxygen atoms in total. The molecule has 0 unspecified atom stereocenters. The first-order valence-electron chi connectivity index (χ1n) is 7.28. The molecule has 0 atom stereocenters. The molecule has 23 heavy (non-hydrogen) atoms. The fraction of sp³-hybridized carbons (Fsp3) is 0.167. The molecule has 0 fully saturated rings. The van der Waals surface area contributed by atoms with Crippen molar-refractivity contribution in [3.05, 3.63) is 58.7 Å². The number of fused-ring (bicyclic) bond motifs is 1. The SMILES string of the molecule is COc1ccc2[nH]c(C)c(CC(=O)Nc3ccccc3Cl)c2c1. The number of amides is 1. The van der Waals surface area contributed by atoms with Gasteiger partial charge in [-0.05, 0) is 42.8 Å². The molecule has 2 N–H and O–H groups in total. The van der Waals surface area contributed by atoms with Crippen LogP contribution >= 0.6 is 11.6 Å². The van der Waals surface area contributed by atoms with Crippen molar-refractivity contribution in [3.63, 3.8) is 0 Å². The Bertz CT molecular complexity index is 871. The Balaban J connectivity index is 1.87. The minimum atomic E-state index is -0.107. The second-order valence-electron chi connectivity index (χ2n) is 5.34. The maximum atomic E-state index is 12.4. The molecule has 0 aliphatic rings. The van der Waals surface area contributed by atoms with Crippen molar-refractivity contribution in [3.8, 4) is 5.75 Å². The van der Waals surface area contributed by atoms with E-state index in [1.54, 1.807) is 19.2 Å². The topological polar surface area (TPSA) is 54.1 Å². The van der Waals surface area contributed by atoms with Crippen molar-refractivity contribution in [2.45, 2.75) is 13.3 Å². The fourth-order valence-corrected chi connectivity index (χ4v) is 2.82. The predicted molar refractivity (Wildman–Crippen MR) is 93.4 cm³/mol. The zero-order chi connectivity index (χ0) is 16.4. The highest BCUT2D eigenvalue weighted by atomic mass is 35.5. The lowest BCUT2D eigenvalue weighted by molar-refractivity contribution is -0.115. The molecule has 0 aliphatic heterocycles. The van der Waals surface area contributed by atoms with Gasteiger partial charge < -0.3 is 15.0 Å². The zero-order valence-electron chi connectivity index (χ0n) is 12.9. The van der Waals surface area contributed by atoms with Crippen LogP contribution in [0.3, 0.4) is 0 Å². The number of rotatable bonds is 4. The molecule has 3 aromatic rings. The van der Waals surface area contributed by atoms with Crippen LogP contribution in [0, 0.1) is 6.92 Å². The molecule has 5 heteroatoms. The molecule has 0 radical (unpaired) electrons. The number of methoxy groups -OCH3 is 1. The molecule has 0 spiro atoms. The van der Waals surface area contributed by atoms with Gasteiger partial charge in [-0.2, -0.15) is 0 Å².